The highest BCUT2D eigenvalue weighted by molar-refractivity contribution is 6.00. The summed E-state index contributed by atoms with van der Waals surface area (Å²) in [5.74, 6) is -2.35. The minimum absolute atomic E-state index is 0.0173. The van der Waals surface area contributed by atoms with E-state index in [4.69, 9.17) is 20.4 Å². The molecule has 198 valence electrons. The van der Waals surface area contributed by atoms with Crippen LogP contribution in [0.4, 0.5) is 26.3 Å². The highest BCUT2D eigenvalue weighted by Gasteiger charge is 2.58. The number of fused-ring (bicyclic) bond motifs is 1. The average molecular weight is 535 g/mol. The lowest BCUT2D eigenvalue weighted by molar-refractivity contribution is -0.192. The normalized spacial score (nSPS) is 16.7. The second kappa shape index (κ2) is 10.5. The smallest absolute Gasteiger partial charge is 0.490 e. The van der Waals surface area contributed by atoms with Gasteiger partial charge in [0.05, 0.1) is 18.7 Å². The Balaban J connectivity index is 0.000000505. The molecule has 0 spiro atoms. The molecule has 3 aromatic carbocycles. The number of aliphatic carboxylic acids is 1. The van der Waals surface area contributed by atoms with Crippen molar-refractivity contribution in [3.8, 4) is 22.9 Å². The fourth-order valence-corrected chi connectivity index (χ4v) is 3.89. The maximum absolute atomic E-state index is 14.5. The average Bonchev–Trinajstić information content (AvgIpc) is 2.87. The molecule has 3 N–H and O–H groups in total. The third-order valence-electron chi connectivity index (χ3n) is 5.72. The molecule has 38 heavy (non-hydrogen) atoms. The van der Waals surface area contributed by atoms with Crippen molar-refractivity contribution >= 4 is 11.8 Å². The number of benzene rings is 3. The number of hydrogen-bond donors (Lipinski definition) is 2. The number of ether oxygens (including phenoxy) is 1. The van der Waals surface area contributed by atoms with Gasteiger partial charge >= 0.3 is 18.3 Å². The molecule has 0 aromatic heterocycles. The number of rotatable bonds is 3. The summed E-state index contributed by atoms with van der Waals surface area (Å²) >= 11 is 0. The van der Waals surface area contributed by atoms with E-state index < -0.39 is 30.3 Å². The maximum atomic E-state index is 14.5. The Morgan fingerprint density at radius 2 is 1.63 bits per heavy atom. The third kappa shape index (κ3) is 5.72. The van der Waals surface area contributed by atoms with E-state index in [0.717, 1.165) is 5.56 Å². The van der Waals surface area contributed by atoms with Crippen molar-refractivity contribution in [3.05, 3.63) is 89.0 Å². The lowest BCUT2D eigenvalue weighted by Gasteiger charge is -2.37. The Hall–Kier alpha value is -4.53. The summed E-state index contributed by atoms with van der Waals surface area (Å²) in [6, 6.07) is 19.8. The molecule has 0 saturated heterocycles. The van der Waals surface area contributed by atoms with Crippen LogP contribution in [0.1, 0.15) is 22.3 Å². The van der Waals surface area contributed by atoms with Crippen LogP contribution in [0, 0.1) is 11.3 Å². The number of carboxylic acids is 1. The van der Waals surface area contributed by atoms with E-state index >= 15 is 0 Å². The monoisotopic (exact) mass is 535 g/mol. The molecule has 1 aliphatic heterocycles. The zero-order chi connectivity index (χ0) is 28.3. The van der Waals surface area contributed by atoms with Gasteiger partial charge < -0.3 is 15.6 Å². The van der Waals surface area contributed by atoms with Gasteiger partial charge in [-0.15, -0.1) is 0 Å². The second-order valence-corrected chi connectivity index (χ2v) is 8.13. The van der Waals surface area contributed by atoms with Crippen molar-refractivity contribution in [2.24, 2.45) is 10.7 Å². The highest BCUT2D eigenvalue weighted by Crippen LogP contribution is 2.48. The number of carboxylic acid groups (broad SMARTS) is 1. The number of aliphatic imine (C=N–C) groups is 1. The van der Waals surface area contributed by atoms with Gasteiger partial charge in [0.15, 0.2) is 5.54 Å². The van der Waals surface area contributed by atoms with E-state index in [9.17, 15) is 31.6 Å². The van der Waals surface area contributed by atoms with Crippen molar-refractivity contribution < 1.29 is 41.0 Å². The molecule has 0 bridgehead atoms. The minimum Gasteiger partial charge on any atom is -0.497 e. The lowest BCUT2D eigenvalue weighted by Crippen LogP contribution is -2.47. The quantitative estimate of drug-likeness (QED) is 0.426. The highest BCUT2D eigenvalue weighted by atomic mass is 19.4. The fourth-order valence-electron chi connectivity index (χ4n) is 3.89. The van der Waals surface area contributed by atoms with Gasteiger partial charge in [-0.2, -0.15) is 31.6 Å². The van der Waals surface area contributed by atoms with E-state index in [1.807, 2.05) is 6.07 Å². The number of nitrogens with zero attached hydrogens (tertiary/aromatic N) is 2. The fraction of sp³-hybridized carbons (Fsp3) is 0.192. The van der Waals surface area contributed by atoms with Crippen LogP contribution in [-0.2, 0) is 16.8 Å². The van der Waals surface area contributed by atoms with Crippen molar-refractivity contribution in [1.29, 1.82) is 5.26 Å². The standard InChI is InChI=1S/C24H18F3N3O.C2HF3O2/c1-31-20-7-3-5-17(12-20)16-4-2-6-19(11-16)23(24(25,26)27)13-18-10-15(14-28)8-9-21(18)22(29)30-23;3-2(4,5)1(6)7/h2-12H,13H2,1H3,(H2,29,30);(H,6,7). The van der Waals surface area contributed by atoms with E-state index in [1.165, 1.54) is 31.4 Å². The number of nitrogens with two attached hydrogens (primary N) is 1. The van der Waals surface area contributed by atoms with Crippen LogP contribution >= 0.6 is 0 Å². The summed E-state index contributed by atoms with van der Waals surface area (Å²) in [6.07, 6.45) is -10.2. The first-order chi connectivity index (χ1) is 17.7. The van der Waals surface area contributed by atoms with Crippen molar-refractivity contribution in [2.45, 2.75) is 24.3 Å². The van der Waals surface area contributed by atoms with Gasteiger partial charge in [-0.05, 0) is 58.7 Å². The molecule has 0 fully saturated rings. The molecule has 1 aliphatic rings. The van der Waals surface area contributed by atoms with Crippen LogP contribution in [0.5, 0.6) is 5.75 Å². The topological polar surface area (TPSA) is 109 Å². The summed E-state index contributed by atoms with van der Waals surface area (Å²) in [7, 11) is 1.53. The summed E-state index contributed by atoms with van der Waals surface area (Å²) in [4.78, 5) is 12.9. The molecule has 1 unspecified atom stereocenters. The molecule has 0 amide bonds. The van der Waals surface area contributed by atoms with Gasteiger partial charge in [0.2, 0.25) is 0 Å². The molecule has 1 heterocycles. The number of hydrogen-bond acceptors (Lipinski definition) is 5. The Labute approximate surface area is 212 Å². The predicted molar refractivity (Wildman–Crippen MR) is 125 cm³/mol. The first-order valence-corrected chi connectivity index (χ1v) is 10.7. The van der Waals surface area contributed by atoms with Crippen LogP contribution < -0.4 is 10.5 Å². The molecule has 1 atom stereocenters. The number of halogens is 6. The first-order valence-electron chi connectivity index (χ1n) is 10.7. The molecule has 3 aromatic rings. The molecular weight excluding hydrogens is 516 g/mol. The van der Waals surface area contributed by atoms with Gasteiger partial charge in [-0.3, -0.25) is 0 Å². The summed E-state index contributed by atoms with van der Waals surface area (Å²) < 4.78 is 80.6. The van der Waals surface area contributed by atoms with E-state index in [-0.39, 0.29) is 17.0 Å². The number of methoxy groups -OCH3 is 1. The SMILES string of the molecule is COc1cccc(-c2cccc(C3(C(F)(F)F)Cc4cc(C#N)ccc4C(N)=N3)c2)c1.O=C(O)C(F)(F)F. The molecule has 4 rings (SSSR count). The van der Waals surface area contributed by atoms with Gasteiger partial charge in [0.25, 0.3) is 0 Å². The summed E-state index contributed by atoms with van der Waals surface area (Å²) in [5.41, 5.74) is 5.78. The molecular formula is C26H19F6N3O3. The largest absolute Gasteiger partial charge is 0.497 e. The molecule has 0 aliphatic carbocycles. The number of carbonyl (C=O) groups is 1. The van der Waals surface area contributed by atoms with Crippen molar-refractivity contribution in [1.82, 2.24) is 0 Å². The summed E-state index contributed by atoms with van der Waals surface area (Å²) in [6.45, 7) is 0. The Bertz CT molecular complexity index is 1430. The van der Waals surface area contributed by atoms with E-state index in [0.29, 0.717) is 22.4 Å². The van der Waals surface area contributed by atoms with Gasteiger partial charge in [-0.1, -0.05) is 30.3 Å². The van der Waals surface area contributed by atoms with Crippen LogP contribution in [0.3, 0.4) is 0 Å². The van der Waals surface area contributed by atoms with Crippen molar-refractivity contribution in [3.63, 3.8) is 0 Å². The van der Waals surface area contributed by atoms with Gasteiger partial charge in [0.1, 0.15) is 11.6 Å². The van der Waals surface area contributed by atoms with Crippen LogP contribution in [-0.4, -0.2) is 36.4 Å². The number of alkyl halides is 6. The van der Waals surface area contributed by atoms with Crippen LogP contribution in [0.25, 0.3) is 11.1 Å². The lowest BCUT2D eigenvalue weighted by atomic mass is 9.78. The molecule has 0 saturated carbocycles. The Morgan fingerprint density at radius 1 is 1.03 bits per heavy atom. The maximum Gasteiger partial charge on any atom is 0.490 e. The molecule has 12 heteroatoms. The zero-order valence-corrected chi connectivity index (χ0v) is 19.6. The van der Waals surface area contributed by atoms with Crippen LogP contribution in [0.15, 0.2) is 71.7 Å². The van der Waals surface area contributed by atoms with Crippen molar-refractivity contribution in [2.75, 3.05) is 7.11 Å². The summed E-state index contributed by atoms with van der Waals surface area (Å²) in [5, 5.41) is 16.3. The third-order valence-corrected chi connectivity index (χ3v) is 5.72. The minimum atomic E-state index is -5.08. The number of nitriles is 1. The molecule has 6 nitrogen and oxygen atoms in total. The van der Waals surface area contributed by atoms with Gasteiger partial charge in [0, 0.05) is 12.0 Å². The van der Waals surface area contributed by atoms with E-state index in [2.05, 4.69) is 4.99 Å². The second-order valence-electron chi connectivity index (χ2n) is 8.13. The first kappa shape index (κ1) is 28.0. The Morgan fingerprint density at radius 3 is 2.18 bits per heavy atom. The molecule has 0 radical (unpaired) electrons. The van der Waals surface area contributed by atoms with Crippen LogP contribution in [0.2, 0.25) is 0 Å². The van der Waals surface area contributed by atoms with E-state index in [1.54, 1.807) is 42.5 Å². The van der Waals surface area contributed by atoms with Gasteiger partial charge in [-0.25, -0.2) is 9.79 Å². The zero-order valence-electron chi connectivity index (χ0n) is 19.6. The Kier molecular flexibility index (Phi) is 7.71. The number of amidine groups is 1. The predicted octanol–water partition coefficient (Wildman–Crippen LogP) is 5.59.